The second kappa shape index (κ2) is 5.99. The molecule has 0 aromatic carbocycles. The normalized spacial score (nSPS) is 24.9. The molecule has 1 heterocycles. The summed E-state index contributed by atoms with van der Waals surface area (Å²) >= 11 is 0. The first-order valence-electron chi connectivity index (χ1n) is 6.55. The molecule has 1 aliphatic rings. The Morgan fingerprint density at radius 2 is 2.19 bits per heavy atom. The maximum atomic E-state index is 5.93. The molecule has 3 nitrogen and oxygen atoms in total. The third kappa shape index (κ3) is 3.44. The summed E-state index contributed by atoms with van der Waals surface area (Å²) in [6, 6.07) is 1.21. The quantitative estimate of drug-likeness (QED) is 0.756. The van der Waals surface area contributed by atoms with Gasteiger partial charge in [-0.05, 0) is 46.1 Å². The van der Waals surface area contributed by atoms with Gasteiger partial charge in [0.1, 0.15) is 0 Å². The molecule has 0 aromatic heterocycles. The van der Waals surface area contributed by atoms with E-state index in [1.807, 2.05) is 0 Å². The second-order valence-electron chi connectivity index (χ2n) is 5.50. The summed E-state index contributed by atoms with van der Waals surface area (Å²) in [6.07, 6.45) is 4.92. The predicted molar refractivity (Wildman–Crippen MR) is 68.6 cm³/mol. The van der Waals surface area contributed by atoms with Crippen molar-refractivity contribution in [2.24, 2.45) is 5.73 Å². The van der Waals surface area contributed by atoms with Gasteiger partial charge in [-0.25, -0.2) is 0 Å². The molecule has 3 heteroatoms. The monoisotopic (exact) mass is 228 g/mol. The van der Waals surface area contributed by atoms with Gasteiger partial charge in [-0.2, -0.15) is 0 Å². The Morgan fingerprint density at radius 1 is 1.50 bits per heavy atom. The van der Waals surface area contributed by atoms with Crippen LogP contribution < -0.4 is 5.73 Å². The van der Waals surface area contributed by atoms with Crippen molar-refractivity contribution in [2.75, 3.05) is 20.2 Å². The van der Waals surface area contributed by atoms with Gasteiger partial charge in [-0.15, -0.1) is 0 Å². The standard InChI is InChI=1S/C13H28N2O/c1-5-11-7-6-8-15(11)12(10-14)9-13(2,3)16-4/h11-12H,5-10,14H2,1-4H3. The van der Waals surface area contributed by atoms with Crippen LogP contribution in [0.2, 0.25) is 0 Å². The molecular weight excluding hydrogens is 200 g/mol. The minimum atomic E-state index is -0.0646. The van der Waals surface area contributed by atoms with E-state index in [0.29, 0.717) is 6.04 Å². The van der Waals surface area contributed by atoms with Crippen molar-refractivity contribution in [3.05, 3.63) is 0 Å². The number of ether oxygens (including phenoxy) is 1. The number of nitrogens with zero attached hydrogens (tertiary/aromatic N) is 1. The first-order valence-corrected chi connectivity index (χ1v) is 6.55. The number of methoxy groups -OCH3 is 1. The molecule has 1 rings (SSSR count). The molecule has 2 unspecified atom stereocenters. The number of rotatable bonds is 6. The Morgan fingerprint density at radius 3 is 2.69 bits per heavy atom. The Kier molecular flexibility index (Phi) is 5.22. The topological polar surface area (TPSA) is 38.5 Å². The minimum absolute atomic E-state index is 0.0646. The molecule has 96 valence electrons. The van der Waals surface area contributed by atoms with Crippen LogP contribution in [0.25, 0.3) is 0 Å². The number of hydrogen-bond donors (Lipinski definition) is 1. The highest BCUT2D eigenvalue weighted by Gasteiger charge is 2.32. The third-order valence-corrected chi connectivity index (χ3v) is 3.91. The lowest BCUT2D eigenvalue weighted by atomic mass is 9.97. The molecule has 0 bridgehead atoms. The van der Waals surface area contributed by atoms with E-state index >= 15 is 0 Å². The minimum Gasteiger partial charge on any atom is -0.379 e. The molecule has 0 aliphatic carbocycles. The largest absolute Gasteiger partial charge is 0.379 e. The molecule has 1 fully saturated rings. The Labute approximate surface area is 100 Å². The summed E-state index contributed by atoms with van der Waals surface area (Å²) in [6.45, 7) is 8.51. The van der Waals surface area contributed by atoms with Gasteiger partial charge in [0.2, 0.25) is 0 Å². The summed E-state index contributed by atoms with van der Waals surface area (Å²) in [5, 5.41) is 0. The van der Waals surface area contributed by atoms with Crippen LogP contribution in [0.5, 0.6) is 0 Å². The molecule has 0 amide bonds. The fourth-order valence-electron chi connectivity index (χ4n) is 2.76. The maximum Gasteiger partial charge on any atom is 0.0638 e. The van der Waals surface area contributed by atoms with E-state index in [2.05, 4.69) is 25.7 Å². The SMILES string of the molecule is CCC1CCCN1C(CN)CC(C)(C)OC. The van der Waals surface area contributed by atoms with Crippen molar-refractivity contribution in [2.45, 2.75) is 64.1 Å². The molecule has 0 radical (unpaired) electrons. The van der Waals surface area contributed by atoms with E-state index in [1.165, 1.54) is 25.8 Å². The molecule has 1 saturated heterocycles. The smallest absolute Gasteiger partial charge is 0.0638 e. The van der Waals surface area contributed by atoms with Crippen LogP contribution in [-0.2, 0) is 4.74 Å². The van der Waals surface area contributed by atoms with Crippen molar-refractivity contribution in [1.82, 2.24) is 4.90 Å². The van der Waals surface area contributed by atoms with Crippen molar-refractivity contribution >= 4 is 0 Å². The second-order valence-corrected chi connectivity index (χ2v) is 5.50. The van der Waals surface area contributed by atoms with Crippen molar-refractivity contribution in [3.63, 3.8) is 0 Å². The van der Waals surface area contributed by atoms with Crippen LogP contribution >= 0.6 is 0 Å². The molecule has 0 saturated carbocycles. The van der Waals surface area contributed by atoms with Crippen LogP contribution in [0.1, 0.15) is 46.5 Å². The Hall–Kier alpha value is -0.120. The average Bonchev–Trinajstić information content (AvgIpc) is 2.74. The van der Waals surface area contributed by atoms with Crippen LogP contribution in [-0.4, -0.2) is 42.8 Å². The van der Waals surface area contributed by atoms with Gasteiger partial charge in [0.25, 0.3) is 0 Å². The van der Waals surface area contributed by atoms with Crippen molar-refractivity contribution < 1.29 is 4.74 Å². The zero-order valence-electron chi connectivity index (χ0n) is 11.3. The molecule has 0 aromatic rings. The highest BCUT2D eigenvalue weighted by molar-refractivity contribution is 4.88. The molecule has 2 N–H and O–H groups in total. The molecule has 2 atom stereocenters. The highest BCUT2D eigenvalue weighted by atomic mass is 16.5. The van der Waals surface area contributed by atoms with E-state index in [0.717, 1.165) is 19.0 Å². The number of hydrogen-bond acceptors (Lipinski definition) is 3. The molecule has 1 aliphatic heterocycles. The van der Waals surface area contributed by atoms with Crippen molar-refractivity contribution in [3.8, 4) is 0 Å². The van der Waals surface area contributed by atoms with E-state index in [1.54, 1.807) is 7.11 Å². The van der Waals surface area contributed by atoms with Crippen LogP contribution in [0.3, 0.4) is 0 Å². The highest BCUT2D eigenvalue weighted by Crippen LogP contribution is 2.27. The van der Waals surface area contributed by atoms with Gasteiger partial charge < -0.3 is 10.5 Å². The fraction of sp³-hybridized carbons (Fsp3) is 1.00. The average molecular weight is 228 g/mol. The van der Waals surface area contributed by atoms with Gasteiger partial charge in [0.05, 0.1) is 5.60 Å². The molecule has 16 heavy (non-hydrogen) atoms. The third-order valence-electron chi connectivity index (χ3n) is 3.91. The zero-order valence-corrected chi connectivity index (χ0v) is 11.3. The summed E-state index contributed by atoms with van der Waals surface area (Å²) in [5.41, 5.74) is 5.87. The predicted octanol–water partition coefficient (Wildman–Crippen LogP) is 2.00. The fourth-order valence-corrected chi connectivity index (χ4v) is 2.76. The van der Waals surface area contributed by atoms with Crippen LogP contribution in [0.4, 0.5) is 0 Å². The lowest BCUT2D eigenvalue weighted by Crippen LogP contribution is -2.47. The van der Waals surface area contributed by atoms with Crippen LogP contribution in [0.15, 0.2) is 0 Å². The lowest BCUT2D eigenvalue weighted by molar-refractivity contribution is -0.00959. The molecular formula is C13H28N2O. The summed E-state index contributed by atoms with van der Waals surface area (Å²) < 4.78 is 5.52. The molecule has 0 spiro atoms. The van der Waals surface area contributed by atoms with Gasteiger partial charge in [-0.1, -0.05) is 6.92 Å². The van der Waals surface area contributed by atoms with Gasteiger partial charge in [0.15, 0.2) is 0 Å². The first-order chi connectivity index (χ1) is 7.54. The van der Waals surface area contributed by atoms with E-state index < -0.39 is 0 Å². The Balaban J connectivity index is 2.59. The summed E-state index contributed by atoms with van der Waals surface area (Å²) in [5.74, 6) is 0. The maximum absolute atomic E-state index is 5.93. The summed E-state index contributed by atoms with van der Waals surface area (Å²) in [7, 11) is 1.79. The Bertz CT molecular complexity index is 206. The first kappa shape index (κ1) is 13.9. The van der Waals surface area contributed by atoms with Crippen LogP contribution in [0, 0.1) is 0 Å². The number of nitrogens with two attached hydrogens (primary N) is 1. The lowest BCUT2D eigenvalue weighted by Gasteiger charge is -2.36. The van der Waals surface area contributed by atoms with Crippen molar-refractivity contribution in [1.29, 1.82) is 0 Å². The summed E-state index contributed by atoms with van der Waals surface area (Å²) in [4.78, 5) is 2.60. The van der Waals surface area contributed by atoms with Gasteiger partial charge >= 0.3 is 0 Å². The van der Waals surface area contributed by atoms with Gasteiger partial charge in [-0.3, -0.25) is 4.90 Å². The van der Waals surface area contributed by atoms with E-state index in [4.69, 9.17) is 10.5 Å². The zero-order chi connectivity index (χ0) is 12.2. The van der Waals surface area contributed by atoms with E-state index in [9.17, 15) is 0 Å². The van der Waals surface area contributed by atoms with E-state index in [-0.39, 0.29) is 5.60 Å². The van der Waals surface area contributed by atoms with Gasteiger partial charge in [0, 0.05) is 25.7 Å². The number of likely N-dealkylation sites (tertiary alicyclic amines) is 1.